The Kier molecular flexibility index (Phi) is 4.87. The number of pyridine rings is 1. The number of nitrogens with zero attached hydrogens (tertiary/aromatic N) is 2. The summed E-state index contributed by atoms with van der Waals surface area (Å²) in [7, 11) is 1.39. The molecule has 0 bridgehead atoms. The molecule has 0 aromatic carbocycles. The molecule has 0 saturated carbocycles. The molecule has 2 rings (SSSR count). The van der Waals surface area contributed by atoms with E-state index < -0.39 is 6.10 Å². The van der Waals surface area contributed by atoms with Gasteiger partial charge in [0.05, 0.1) is 13.2 Å². The van der Waals surface area contributed by atoms with Crippen LogP contribution in [-0.2, 0) is 20.7 Å². The predicted molar refractivity (Wildman–Crippen MR) is 70.7 cm³/mol. The third-order valence-electron chi connectivity index (χ3n) is 3.21. The second-order valence-corrected chi connectivity index (χ2v) is 4.79. The van der Waals surface area contributed by atoms with Crippen LogP contribution in [0.25, 0.3) is 0 Å². The molecule has 1 aliphatic heterocycles. The van der Waals surface area contributed by atoms with Crippen LogP contribution in [0, 0.1) is 0 Å². The van der Waals surface area contributed by atoms with Crippen LogP contribution in [0.2, 0.25) is 0 Å². The van der Waals surface area contributed by atoms with Gasteiger partial charge in [0.15, 0.2) is 6.10 Å². The number of methoxy groups -OCH3 is 1. The van der Waals surface area contributed by atoms with Crippen molar-refractivity contribution in [1.29, 1.82) is 0 Å². The molecule has 1 aromatic rings. The average molecular weight is 264 g/mol. The summed E-state index contributed by atoms with van der Waals surface area (Å²) in [5.41, 5.74) is 1.07. The SMILES string of the molecule is COC(=O)[C@@H]1CN(CCc2ccccn2)C[C@@H](C)O1. The highest BCUT2D eigenvalue weighted by Crippen LogP contribution is 2.12. The molecule has 1 aromatic heterocycles. The lowest BCUT2D eigenvalue weighted by Gasteiger charge is -2.35. The van der Waals surface area contributed by atoms with Crippen molar-refractivity contribution in [2.45, 2.75) is 25.6 Å². The molecule has 2 atom stereocenters. The standard InChI is InChI=1S/C14H20N2O3/c1-11-9-16(10-13(19-11)14(17)18-2)8-6-12-5-3-4-7-15-12/h3-5,7,11,13H,6,8-10H2,1-2H3/t11-,13+/m1/s1. The molecule has 5 heteroatoms. The summed E-state index contributed by atoms with van der Waals surface area (Å²) in [4.78, 5) is 18.1. The fourth-order valence-corrected chi connectivity index (χ4v) is 2.30. The number of aromatic nitrogens is 1. The Morgan fingerprint density at radius 1 is 1.53 bits per heavy atom. The van der Waals surface area contributed by atoms with Gasteiger partial charge in [-0.15, -0.1) is 0 Å². The van der Waals surface area contributed by atoms with Gasteiger partial charge in [-0.2, -0.15) is 0 Å². The van der Waals surface area contributed by atoms with E-state index in [-0.39, 0.29) is 12.1 Å². The van der Waals surface area contributed by atoms with Gasteiger partial charge in [-0.25, -0.2) is 4.79 Å². The van der Waals surface area contributed by atoms with Gasteiger partial charge in [-0.1, -0.05) is 6.07 Å². The molecule has 1 aliphatic rings. The molecule has 0 radical (unpaired) electrons. The van der Waals surface area contributed by atoms with Gasteiger partial charge in [0.1, 0.15) is 0 Å². The predicted octanol–water partition coefficient (Wildman–Crippen LogP) is 0.886. The van der Waals surface area contributed by atoms with Gasteiger partial charge in [-0.3, -0.25) is 9.88 Å². The maximum atomic E-state index is 11.5. The van der Waals surface area contributed by atoms with E-state index >= 15 is 0 Å². The zero-order chi connectivity index (χ0) is 13.7. The number of carbonyl (C=O) groups is 1. The first-order valence-electron chi connectivity index (χ1n) is 6.54. The molecule has 0 unspecified atom stereocenters. The summed E-state index contributed by atoms with van der Waals surface area (Å²) < 4.78 is 10.3. The third-order valence-corrected chi connectivity index (χ3v) is 3.21. The Morgan fingerprint density at radius 2 is 2.37 bits per heavy atom. The number of esters is 1. The second kappa shape index (κ2) is 6.63. The molecule has 5 nitrogen and oxygen atoms in total. The van der Waals surface area contributed by atoms with Crippen LogP contribution in [0.15, 0.2) is 24.4 Å². The van der Waals surface area contributed by atoms with Crippen LogP contribution in [-0.4, -0.2) is 54.8 Å². The highest BCUT2D eigenvalue weighted by Gasteiger charge is 2.30. The van der Waals surface area contributed by atoms with E-state index in [1.165, 1.54) is 7.11 Å². The van der Waals surface area contributed by atoms with Crippen molar-refractivity contribution < 1.29 is 14.3 Å². The van der Waals surface area contributed by atoms with Crippen LogP contribution >= 0.6 is 0 Å². The summed E-state index contributed by atoms with van der Waals surface area (Å²) in [5.74, 6) is -0.297. The van der Waals surface area contributed by atoms with Crippen molar-refractivity contribution in [2.24, 2.45) is 0 Å². The van der Waals surface area contributed by atoms with E-state index in [1.807, 2.05) is 25.1 Å². The van der Waals surface area contributed by atoms with E-state index in [2.05, 4.69) is 9.88 Å². The molecular weight excluding hydrogens is 244 g/mol. The van der Waals surface area contributed by atoms with E-state index in [9.17, 15) is 4.79 Å². The number of carbonyl (C=O) groups excluding carboxylic acids is 1. The first-order valence-corrected chi connectivity index (χ1v) is 6.54. The number of ether oxygens (including phenoxy) is 2. The van der Waals surface area contributed by atoms with Crippen molar-refractivity contribution in [2.75, 3.05) is 26.7 Å². The molecule has 0 spiro atoms. The Morgan fingerprint density at radius 3 is 3.05 bits per heavy atom. The Labute approximate surface area is 113 Å². The van der Waals surface area contributed by atoms with Gasteiger partial charge >= 0.3 is 5.97 Å². The zero-order valence-corrected chi connectivity index (χ0v) is 11.4. The lowest BCUT2D eigenvalue weighted by molar-refractivity contribution is -0.166. The Bertz CT molecular complexity index is 410. The normalized spacial score (nSPS) is 24.1. The van der Waals surface area contributed by atoms with Gasteiger partial charge < -0.3 is 9.47 Å². The van der Waals surface area contributed by atoms with E-state index in [4.69, 9.17) is 9.47 Å². The summed E-state index contributed by atoms with van der Waals surface area (Å²) in [6.45, 7) is 4.27. The molecule has 19 heavy (non-hydrogen) atoms. The Hall–Kier alpha value is -1.46. The van der Waals surface area contributed by atoms with E-state index in [0.717, 1.165) is 25.2 Å². The first-order chi connectivity index (χ1) is 9.19. The van der Waals surface area contributed by atoms with Crippen LogP contribution in [0.1, 0.15) is 12.6 Å². The van der Waals surface area contributed by atoms with Gasteiger partial charge in [0.25, 0.3) is 0 Å². The number of hydrogen-bond acceptors (Lipinski definition) is 5. The highest BCUT2D eigenvalue weighted by atomic mass is 16.6. The smallest absolute Gasteiger partial charge is 0.336 e. The minimum Gasteiger partial charge on any atom is -0.467 e. The quantitative estimate of drug-likeness (QED) is 0.756. The van der Waals surface area contributed by atoms with Crippen molar-refractivity contribution in [3.63, 3.8) is 0 Å². The molecule has 1 saturated heterocycles. The Balaban J connectivity index is 1.87. The van der Waals surface area contributed by atoms with Crippen LogP contribution in [0.5, 0.6) is 0 Å². The number of hydrogen-bond donors (Lipinski definition) is 0. The van der Waals surface area contributed by atoms with Gasteiger partial charge in [0.2, 0.25) is 0 Å². The molecule has 0 aliphatic carbocycles. The largest absolute Gasteiger partial charge is 0.467 e. The van der Waals surface area contributed by atoms with Crippen molar-refractivity contribution in [3.05, 3.63) is 30.1 Å². The minimum atomic E-state index is -0.475. The van der Waals surface area contributed by atoms with Gasteiger partial charge in [0, 0.05) is 37.9 Å². The molecule has 2 heterocycles. The maximum Gasteiger partial charge on any atom is 0.336 e. The molecule has 1 fully saturated rings. The summed E-state index contributed by atoms with van der Waals surface area (Å²) in [5, 5.41) is 0. The lowest BCUT2D eigenvalue weighted by atomic mass is 10.2. The monoisotopic (exact) mass is 264 g/mol. The molecule has 0 N–H and O–H groups in total. The summed E-state index contributed by atoms with van der Waals surface area (Å²) >= 11 is 0. The maximum absolute atomic E-state index is 11.5. The number of rotatable bonds is 4. The van der Waals surface area contributed by atoms with Crippen molar-refractivity contribution in [1.82, 2.24) is 9.88 Å². The van der Waals surface area contributed by atoms with Crippen molar-refractivity contribution >= 4 is 5.97 Å². The van der Waals surface area contributed by atoms with Crippen LogP contribution < -0.4 is 0 Å². The molecule has 104 valence electrons. The average Bonchev–Trinajstić information content (AvgIpc) is 2.45. The van der Waals surface area contributed by atoms with Crippen LogP contribution in [0.4, 0.5) is 0 Å². The molecular formula is C14H20N2O3. The lowest BCUT2D eigenvalue weighted by Crippen LogP contribution is -2.50. The van der Waals surface area contributed by atoms with E-state index in [1.54, 1.807) is 6.20 Å². The summed E-state index contributed by atoms with van der Waals surface area (Å²) in [6.07, 6.45) is 2.25. The van der Waals surface area contributed by atoms with Crippen molar-refractivity contribution in [3.8, 4) is 0 Å². The van der Waals surface area contributed by atoms with Crippen LogP contribution in [0.3, 0.4) is 0 Å². The third kappa shape index (κ3) is 4.01. The summed E-state index contributed by atoms with van der Waals surface area (Å²) in [6, 6.07) is 5.91. The fraction of sp³-hybridized carbons (Fsp3) is 0.571. The second-order valence-electron chi connectivity index (χ2n) is 4.79. The highest BCUT2D eigenvalue weighted by molar-refractivity contribution is 5.74. The topological polar surface area (TPSA) is 51.7 Å². The minimum absolute atomic E-state index is 0.0431. The zero-order valence-electron chi connectivity index (χ0n) is 11.4. The fourth-order valence-electron chi connectivity index (χ4n) is 2.30. The van der Waals surface area contributed by atoms with Gasteiger partial charge in [-0.05, 0) is 19.1 Å². The van der Waals surface area contributed by atoms with E-state index in [0.29, 0.717) is 6.54 Å². The molecule has 0 amide bonds. The number of morpholine rings is 1. The first kappa shape index (κ1) is 14.0.